The summed E-state index contributed by atoms with van der Waals surface area (Å²) in [6.45, 7) is 8.91. The van der Waals surface area contributed by atoms with Gasteiger partial charge in [-0.1, -0.05) is 117 Å². The number of hydrogen-bond acceptors (Lipinski definition) is 4. The van der Waals surface area contributed by atoms with Crippen LogP contribution in [0.4, 0.5) is 0 Å². The van der Waals surface area contributed by atoms with E-state index in [2.05, 4.69) is 26.1 Å². The Morgan fingerprint density at radius 1 is 0.677 bits per heavy atom. The lowest BCUT2D eigenvalue weighted by Crippen LogP contribution is -2.10. The average Bonchev–Trinajstić information content (AvgIpc) is 2.70. The molecule has 0 aromatic heterocycles. The molecule has 0 aliphatic rings. The van der Waals surface area contributed by atoms with Crippen molar-refractivity contribution in [3.8, 4) is 0 Å². The molecule has 0 rings (SSSR count). The predicted molar refractivity (Wildman–Crippen MR) is 132 cm³/mol. The Hall–Kier alpha value is -0.420. The van der Waals surface area contributed by atoms with Gasteiger partial charge in [-0.2, -0.15) is 0 Å². The van der Waals surface area contributed by atoms with Crippen LogP contribution in [0.25, 0.3) is 0 Å². The smallest absolute Gasteiger partial charge is 0.336 e. The summed E-state index contributed by atoms with van der Waals surface area (Å²) in [6, 6.07) is 0. The lowest BCUT2D eigenvalue weighted by atomic mass is 10.0. The van der Waals surface area contributed by atoms with Gasteiger partial charge in [0.25, 0.3) is 0 Å². The lowest BCUT2D eigenvalue weighted by Gasteiger charge is -2.06. The first kappa shape index (κ1) is 32.8. The highest BCUT2D eigenvalue weighted by Gasteiger charge is 2.19. The van der Waals surface area contributed by atoms with Crippen molar-refractivity contribution in [3.05, 3.63) is 0 Å². The molecule has 0 heterocycles. The minimum Gasteiger partial charge on any atom is -0.465 e. The SMILES string of the molecule is CCCCCCCCCCCCCCCCCCOC(=O)CP(=O)(O)O.CCNCC. The maximum absolute atomic E-state index is 11.1. The molecule has 0 bridgehead atoms. The van der Waals surface area contributed by atoms with Crippen molar-refractivity contribution < 1.29 is 23.9 Å². The van der Waals surface area contributed by atoms with Gasteiger partial charge < -0.3 is 19.8 Å². The molecule has 0 aliphatic heterocycles. The van der Waals surface area contributed by atoms with Crippen molar-refractivity contribution in [1.82, 2.24) is 5.32 Å². The Bertz CT molecular complexity index is 413. The van der Waals surface area contributed by atoms with E-state index in [0.29, 0.717) is 0 Å². The van der Waals surface area contributed by atoms with Crippen LogP contribution in [0.2, 0.25) is 0 Å². The van der Waals surface area contributed by atoms with Crippen LogP contribution >= 0.6 is 7.60 Å². The van der Waals surface area contributed by atoms with Gasteiger partial charge in [-0.15, -0.1) is 0 Å². The number of hydrogen-bond donors (Lipinski definition) is 3. The Morgan fingerprint density at radius 2 is 1.03 bits per heavy atom. The largest absolute Gasteiger partial charge is 0.465 e. The summed E-state index contributed by atoms with van der Waals surface area (Å²) >= 11 is 0. The second kappa shape index (κ2) is 25.8. The van der Waals surface area contributed by atoms with Crippen LogP contribution in [-0.4, -0.2) is 41.6 Å². The molecule has 0 radical (unpaired) electrons. The quantitative estimate of drug-likeness (QED) is 0.101. The van der Waals surface area contributed by atoms with E-state index in [1.165, 1.54) is 83.5 Å². The number of esters is 1. The van der Waals surface area contributed by atoms with Crippen LogP contribution in [-0.2, 0) is 14.1 Å². The summed E-state index contributed by atoms with van der Waals surface area (Å²) in [7, 11) is -4.29. The van der Waals surface area contributed by atoms with E-state index < -0.39 is 19.7 Å². The maximum atomic E-state index is 11.1. The third kappa shape index (κ3) is 34.4. The first-order valence-electron chi connectivity index (χ1n) is 12.8. The van der Waals surface area contributed by atoms with E-state index in [0.717, 1.165) is 32.4 Å². The molecule has 31 heavy (non-hydrogen) atoms. The van der Waals surface area contributed by atoms with Gasteiger partial charge in [0.05, 0.1) is 6.61 Å². The van der Waals surface area contributed by atoms with E-state index in [9.17, 15) is 9.36 Å². The van der Waals surface area contributed by atoms with Crippen LogP contribution in [0.15, 0.2) is 0 Å². The Morgan fingerprint density at radius 3 is 1.32 bits per heavy atom. The van der Waals surface area contributed by atoms with Crippen LogP contribution in [0, 0.1) is 0 Å². The molecule has 0 aromatic carbocycles. The molecule has 0 saturated carbocycles. The molecule has 0 fully saturated rings. The number of unbranched alkanes of at least 4 members (excludes halogenated alkanes) is 15. The van der Waals surface area contributed by atoms with Gasteiger partial charge in [0.15, 0.2) is 0 Å². The normalized spacial score (nSPS) is 11.1. The van der Waals surface area contributed by atoms with Gasteiger partial charge in [0.1, 0.15) is 6.16 Å². The van der Waals surface area contributed by atoms with E-state index in [4.69, 9.17) is 14.5 Å². The summed E-state index contributed by atoms with van der Waals surface area (Å²) in [5, 5.41) is 3.11. The molecule has 0 atom stereocenters. The number of carbonyl (C=O) groups is 1. The molecule has 0 unspecified atom stereocenters. The summed E-state index contributed by atoms with van der Waals surface area (Å²) in [5.74, 6) is -0.806. The van der Waals surface area contributed by atoms with Crippen molar-refractivity contribution >= 4 is 13.6 Å². The van der Waals surface area contributed by atoms with Crippen molar-refractivity contribution in [3.63, 3.8) is 0 Å². The molecule has 0 saturated heterocycles. The summed E-state index contributed by atoms with van der Waals surface area (Å²) in [5.41, 5.74) is 0. The van der Waals surface area contributed by atoms with Crippen molar-refractivity contribution in [2.75, 3.05) is 25.9 Å². The van der Waals surface area contributed by atoms with Gasteiger partial charge in [-0.3, -0.25) is 9.36 Å². The van der Waals surface area contributed by atoms with Crippen molar-refractivity contribution in [2.45, 2.75) is 124 Å². The number of nitrogens with one attached hydrogen (secondary N) is 1. The molecule has 0 spiro atoms. The first-order chi connectivity index (χ1) is 14.9. The topological polar surface area (TPSA) is 95.9 Å². The highest BCUT2D eigenvalue weighted by molar-refractivity contribution is 7.52. The molecular formula is C24H52NO5P. The number of carbonyl (C=O) groups excluding carboxylic acids is 1. The highest BCUT2D eigenvalue weighted by Crippen LogP contribution is 2.33. The average molecular weight is 466 g/mol. The second-order valence-electron chi connectivity index (χ2n) is 8.30. The Labute approximate surface area is 192 Å². The minimum absolute atomic E-state index is 0.261. The van der Waals surface area contributed by atoms with Gasteiger partial charge >= 0.3 is 13.6 Å². The van der Waals surface area contributed by atoms with Crippen molar-refractivity contribution in [2.24, 2.45) is 0 Å². The van der Waals surface area contributed by atoms with E-state index in [-0.39, 0.29) is 6.61 Å². The monoisotopic (exact) mass is 465 g/mol. The molecule has 3 N–H and O–H groups in total. The van der Waals surface area contributed by atoms with Crippen molar-refractivity contribution in [1.29, 1.82) is 0 Å². The van der Waals surface area contributed by atoms with E-state index in [1.54, 1.807) is 0 Å². The maximum Gasteiger partial charge on any atom is 0.336 e. The van der Waals surface area contributed by atoms with Gasteiger partial charge in [-0.25, -0.2) is 0 Å². The summed E-state index contributed by atoms with van der Waals surface area (Å²) < 4.78 is 15.4. The predicted octanol–water partition coefficient (Wildman–Crippen LogP) is 6.58. The highest BCUT2D eigenvalue weighted by atomic mass is 31.2. The first-order valence-corrected chi connectivity index (χ1v) is 14.6. The number of rotatable bonds is 21. The van der Waals surface area contributed by atoms with Gasteiger partial charge in [0.2, 0.25) is 0 Å². The van der Waals surface area contributed by atoms with Gasteiger partial charge in [0, 0.05) is 0 Å². The zero-order chi connectivity index (χ0) is 23.6. The summed E-state index contributed by atoms with van der Waals surface area (Å²) in [4.78, 5) is 28.4. The molecule has 0 aromatic rings. The molecule has 7 heteroatoms. The second-order valence-corrected chi connectivity index (χ2v) is 9.95. The fourth-order valence-electron chi connectivity index (χ4n) is 3.30. The van der Waals surface area contributed by atoms with Crippen LogP contribution < -0.4 is 5.32 Å². The van der Waals surface area contributed by atoms with Crippen LogP contribution in [0.3, 0.4) is 0 Å². The molecule has 188 valence electrons. The fraction of sp³-hybridized carbons (Fsp3) is 0.958. The van der Waals surface area contributed by atoms with Crippen LogP contribution in [0.1, 0.15) is 124 Å². The standard InChI is InChI=1S/C20H41O5P.C4H11N/c1-2-3-4-5-6-7-8-9-10-11-12-13-14-15-16-17-18-25-20(21)19-26(22,23)24;1-3-5-4-2/h2-19H2,1H3,(H2,22,23,24);5H,3-4H2,1-2H3. The molecule has 0 aliphatic carbocycles. The zero-order valence-electron chi connectivity index (χ0n) is 20.7. The Kier molecular flexibility index (Phi) is 27.3. The van der Waals surface area contributed by atoms with Gasteiger partial charge in [-0.05, 0) is 19.5 Å². The van der Waals surface area contributed by atoms with E-state index >= 15 is 0 Å². The zero-order valence-corrected chi connectivity index (χ0v) is 21.6. The third-order valence-corrected chi connectivity index (χ3v) is 5.77. The Balaban J connectivity index is 0. The lowest BCUT2D eigenvalue weighted by molar-refractivity contribution is -0.140. The fourth-order valence-corrected chi connectivity index (χ4v) is 3.73. The third-order valence-electron chi connectivity index (χ3n) is 5.10. The summed E-state index contributed by atoms with van der Waals surface area (Å²) in [6.07, 6.45) is 19.7. The molecule has 6 nitrogen and oxygen atoms in total. The van der Waals surface area contributed by atoms with Crippen LogP contribution in [0.5, 0.6) is 0 Å². The molecule has 0 amide bonds. The van der Waals surface area contributed by atoms with E-state index in [1.807, 2.05) is 0 Å². The molecular weight excluding hydrogens is 413 g/mol. The minimum atomic E-state index is -4.29. The number of ether oxygens (including phenoxy) is 1.